The van der Waals surface area contributed by atoms with Crippen LogP contribution >= 0.6 is 38.6 Å². The second-order valence-electron chi connectivity index (χ2n) is 5.89. The van der Waals surface area contributed by atoms with E-state index < -0.39 is 0 Å². The lowest BCUT2D eigenvalue weighted by molar-refractivity contribution is 0.0690. The predicted molar refractivity (Wildman–Crippen MR) is 105 cm³/mol. The van der Waals surface area contributed by atoms with Crippen LogP contribution in [0.3, 0.4) is 0 Å². The van der Waals surface area contributed by atoms with Gasteiger partial charge in [0.05, 0.1) is 22.2 Å². The number of imidazole rings is 1. The molecule has 5 rings (SSSR count). The summed E-state index contributed by atoms with van der Waals surface area (Å²) in [7, 11) is 0. The van der Waals surface area contributed by atoms with Gasteiger partial charge in [0.25, 0.3) is 5.91 Å². The van der Waals surface area contributed by atoms with E-state index in [1.54, 1.807) is 23.9 Å². The quantitative estimate of drug-likeness (QED) is 0.505. The second kappa shape index (κ2) is 6.26. The number of carbonyl (C=O) groups is 1. The standard InChI is InChI=1S/C17H12BrN5OS2/c18-9-2-1-3-11-14(9)26-15(22-11)13-12-10(20-8-21-12)4-6-23(13)17(24)16-19-5-7-25-16/h1-3,5,7-8,13H,4,6H2,(H,20,21)/t13-/m0/s1. The molecule has 0 saturated heterocycles. The Labute approximate surface area is 165 Å². The molecule has 4 aromatic rings. The highest BCUT2D eigenvalue weighted by Crippen LogP contribution is 2.39. The van der Waals surface area contributed by atoms with Crippen molar-refractivity contribution in [1.82, 2.24) is 24.8 Å². The maximum absolute atomic E-state index is 13.1. The molecule has 1 amide bonds. The zero-order chi connectivity index (χ0) is 17.7. The molecule has 0 aliphatic carbocycles. The van der Waals surface area contributed by atoms with Gasteiger partial charge in [-0.25, -0.2) is 15.0 Å². The number of fused-ring (bicyclic) bond motifs is 2. The Kier molecular flexibility index (Phi) is 3.87. The lowest BCUT2D eigenvalue weighted by Crippen LogP contribution is -2.40. The normalized spacial score (nSPS) is 16.8. The first-order valence-electron chi connectivity index (χ1n) is 8.00. The summed E-state index contributed by atoms with van der Waals surface area (Å²) in [6, 6.07) is 5.66. The van der Waals surface area contributed by atoms with Gasteiger partial charge in [0.15, 0.2) is 5.01 Å². The van der Waals surface area contributed by atoms with Crippen LogP contribution in [-0.4, -0.2) is 37.3 Å². The van der Waals surface area contributed by atoms with E-state index in [9.17, 15) is 4.79 Å². The number of aromatic amines is 1. The van der Waals surface area contributed by atoms with Gasteiger partial charge >= 0.3 is 0 Å². The van der Waals surface area contributed by atoms with E-state index >= 15 is 0 Å². The van der Waals surface area contributed by atoms with Crippen molar-refractivity contribution in [1.29, 1.82) is 0 Å². The number of benzene rings is 1. The molecule has 3 aromatic heterocycles. The lowest BCUT2D eigenvalue weighted by Gasteiger charge is -2.33. The van der Waals surface area contributed by atoms with Gasteiger partial charge in [-0.1, -0.05) is 6.07 Å². The molecule has 0 unspecified atom stereocenters. The number of rotatable bonds is 2. The minimum Gasteiger partial charge on any atom is -0.348 e. The molecule has 0 fully saturated rings. The Morgan fingerprint density at radius 1 is 1.35 bits per heavy atom. The fourth-order valence-electron chi connectivity index (χ4n) is 3.25. The topological polar surface area (TPSA) is 74.8 Å². The average Bonchev–Trinajstić information content (AvgIpc) is 3.39. The van der Waals surface area contributed by atoms with Crippen LogP contribution in [0, 0.1) is 0 Å². The van der Waals surface area contributed by atoms with Crippen LogP contribution in [-0.2, 0) is 6.42 Å². The second-order valence-corrected chi connectivity index (χ2v) is 8.67. The van der Waals surface area contributed by atoms with Gasteiger partial charge in [-0.3, -0.25) is 4.79 Å². The minimum atomic E-state index is -0.300. The molecule has 0 bridgehead atoms. The minimum absolute atomic E-state index is 0.0722. The van der Waals surface area contributed by atoms with Crippen LogP contribution in [0.15, 0.2) is 40.6 Å². The molecule has 0 saturated carbocycles. The van der Waals surface area contributed by atoms with Crippen molar-refractivity contribution in [2.45, 2.75) is 12.5 Å². The van der Waals surface area contributed by atoms with E-state index in [1.165, 1.54) is 11.3 Å². The molecule has 1 aliphatic heterocycles. The van der Waals surface area contributed by atoms with Crippen molar-refractivity contribution >= 4 is 54.7 Å². The third-order valence-corrected chi connectivity index (χ3v) is 7.26. The summed E-state index contributed by atoms with van der Waals surface area (Å²) in [4.78, 5) is 31.6. The van der Waals surface area contributed by atoms with Crippen molar-refractivity contribution in [2.24, 2.45) is 0 Å². The predicted octanol–water partition coefficient (Wildman–Crippen LogP) is 4.03. The van der Waals surface area contributed by atoms with Crippen molar-refractivity contribution < 1.29 is 4.79 Å². The number of thiazole rings is 2. The molecule has 6 nitrogen and oxygen atoms in total. The largest absolute Gasteiger partial charge is 0.348 e. The van der Waals surface area contributed by atoms with Crippen molar-refractivity contribution in [3.63, 3.8) is 0 Å². The average molecular weight is 446 g/mol. The SMILES string of the molecule is O=C(c1nccs1)N1CCc2[nH]cnc2[C@H]1c1nc2cccc(Br)c2s1. The van der Waals surface area contributed by atoms with Crippen LogP contribution in [0.2, 0.25) is 0 Å². The first-order chi connectivity index (χ1) is 12.7. The molecule has 26 heavy (non-hydrogen) atoms. The molecular formula is C17H12BrN5OS2. The number of nitrogens with zero attached hydrogens (tertiary/aromatic N) is 4. The van der Waals surface area contributed by atoms with Gasteiger partial charge in [-0.15, -0.1) is 22.7 Å². The zero-order valence-electron chi connectivity index (χ0n) is 13.3. The summed E-state index contributed by atoms with van der Waals surface area (Å²) in [6.45, 7) is 0.607. The number of amides is 1. The number of hydrogen-bond acceptors (Lipinski definition) is 6. The van der Waals surface area contributed by atoms with Crippen molar-refractivity contribution in [2.75, 3.05) is 6.54 Å². The fourth-order valence-corrected chi connectivity index (χ4v) is 5.52. The molecule has 130 valence electrons. The van der Waals surface area contributed by atoms with E-state index in [-0.39, 0.29) is 11.9 Å². The first-order valence-corrected chi connectivity index (χ1v) is 10.5. The first kappa shape index (κ1) is 16.1. The number of aromatic nitrogens is 4. The number of nitrogens with one attached hydrogen (secondary N) is 1. The summed E-state index contributed by atoms with van der Waals surface area (Å²) in [6.07, 6.45) is 4.10. The number of H-pyrrole nitrogens is 1. The van der Waals surface area contributed by atoms with Crippen molar-refractivity contribution in [3.05, 3.63) is 62.0 Å². The molecular weight excluding hydrogens is 434 g/mol. The summed E-state index contributed by atoms with van der Waals surface area (Å²) >= 11 is 6.54. The summed E-state index contributed by atoms with van der Waals surface area (Å²) in [5, 5.41) is 3.18. The van der Waals surface area contributed by atoms with Gasteiger partial charge in [-0.2, -0.15) is 0 Å². The Balaban J connectivity index is 1.66. The van der Waals surface area contributed by atoms with Gasteiger partial charge in [0, 0.05) is 34.7 Å². The molecule has 0 spiro atoms. The van der Waals surface area contributed by atoms with Gasteiger partial charge < -0.3 is 9.88 Å². The number of halogens is 1. The van der Waals surface area contributed by atoms with E-state index in [0.29, 0.717) is 11.6 Å². The summed E-state index contributed by atoms with van der Waals surface area (Å²) in [5.74, 6) is -0.0722. The van der Waals surface area contributed by atoms with Gasteiger partial charge in [0.2, 0.25) is 0 Å². The third-order valence-electron chi connectivity index (χ3n) is 4.42. The molecule has 1 atom stereocenters. The van der Waals surface area contributed by atoms with E-state index in [4.69, 9.17) is 4.98 Å². The highest BCUT2D eigenvalue weighted by atomic mass is 79.9. The third kappa shape index (κ3) is 2.50. The number of carbonyl (C=O) groups excluding carboxylic acids is 1. The zero-order valence-corrected chi connectivity index (χ0v) is 16.6. The van der Waals surface area contributed by atoms with E-state index in [0.717, 1.165) is 37.5 Å². The number of hydrogen-bond donors (Lipinski definition) is 1. The monoisotopic (exact) mass is 445 g/mol. The maximum atomic E-state index is 13.1. The van der Waals surface area contributed by atoms with Crippen LogP contribution in [0.25, 0.3) is 10.2 Å². The Bertz CT molecular complexity index is 1100. The van der Waals surface area contributed by atoms with Crippen LogP contribution in [0.5, 0.6) is 0 Å². The van der Waals surface area contributed by atoms with Gasteiger partial charge in [-0.05, 0) is 28.1 Å². The Hall–Kier alpha value is -2.10. The van der Waals surface area contributed by atoms with Gasteiger partial charge in [0.1, 0.15) is 11.0 Å². The lowest BCUT2D eigenvalue weighted by atomic mass is 10.0. The smallest absolute Gasteiger partial charge is 0.283 e. The maximum Gasteiger partial charge on any atom is 0.283 e. The van der Waals surface area contributed by atoms with E-state index in [2.05, 4.69) is 30.9 Å². The molecule has 9 heteroatoms. The molecule has 1 aliphatic rings. The molecule has 4 heterocycles. The van der Waals surface area contributed by atoms with Crippen LogP contribution in [0.1, 0.15) is 32.2 Å². The Morgan fingerprint density at radius 3 is 3.08 bits per heavy atom. The Morgan fingerprint density at radius 2 is 2.27 bits per heavy atom. The summed E-state index contributed by atoms with van der Waals surface area (Å²) in [5.41, 5.74) is 2.86. The highest BCUT2D eigenvalue weighted by molar-refractivity contribution is 9.10. The summed E-state index contributed by atoms with van der Waals surface area (Å²) < 4.78 is 2.08. The molecule has 0 radical (unpaired) electrons. The van der Waals surface area contributed by atoms with E-state index in [1.807, 2.05) is 28.5 Å². The molecule has 1 N–H and O–H groups in total. The van der Waals surface area contributed by atoms with Crippen LogP contribution in [0.4, 0.5) is 0 Å². The van der Waals surface area contributed by atoms with Crippen LogP contribution < -0.4 is 0 Å². The molecule has 1 aromatic carbocycles. The van der Waals surface area contributed by atoms with Crippen molar-refractivity contribution in [3.8, 4) is 0 Å². The highest BCUT2D eigenvalue weighted by Gasteiger charge is 2.37. The fraction of sp³-hybridized carbons (Fsp3) is 0.176.